The Kier molecular flexibility index (Phi) is 6.00. The molecule has 130 valence electrons. The minimum absolute atomic E-state index is 0.343. The normalized spacial score (nSPS) is 16.5. The maximum atomic E-state index is 12.8. The molecule has 1 N–H and O–H groups in total. The number of alkyl halides is 3. The predicted octanol–water partition coefficient (Wildman–Crippen LogP) is 1.28. The molecule has 0 atom stereocenters. The van der Waals surface area contributed by atoms with E-state index in [4.69, 9.17) is 4.74 Å². The quantitative estimate of drug-likeness (QED) is 0.796. The fraction of sp³-hybridized carbons (Fsp3) is 0.714. The van der Waals surface area contributed by atoms with Crippen LogP contribution in [0.5, 0.6) is 0 Å². The third kappa shape index (κ3) is 5.21. The van der Waals surface area contributed by atoms with E-state index in [-0.39, 0.29) is 0 Å². The van der Waals surface area contributed by atoms with Crippen LogP contribution in [0.4, 0.5) is 13.2 Å². The molecular weight excluding hydrogens is 313 g/mol. The Balaban J connectivity index is 1.74. The number of halogens is 3. The van der Waals surface area contributed by atoms with Crippen LogP contribution in [0.15, 0.2) is 6.20 Å². The average Bonchev–Trinajstić information content (AvgIpc) is 2.90. The van der Waals surface area contributed by atoms with Crippen molar-refractivity contribution in [3.05, 3.63) is 17.5 Å². The lowest BCUT2D eigenvalue weighted by molar-refractivity contribution is -0.141. The first-order chi connectivity index (χ1) is 10.9. The van der Waals surface area contributed by atoms with Crippen molar-refractivity contribution in [1.82, 2.24) is 20.0 Å². The molecule has 2 heterocycles. The number of nitrogens with one attached hydrogen (secondary N) is 1. The fourth-order valence-corrected chi connectivity index (χ4v) is 2.45. The number of hydrogen-bond donors (Lipinski definition) is 1. The Morgan fingerprint density at radius 3 is 2.70 bits per heavy atom. The summed E-state index contributed by atoms with van der Waals surface area (Å²) in [5.74, 6) is -0.739. The zero-order chi connectivity index (χ0) is 16.9. The number of amides is 1. The Morgan fingerprint density at radius 1 is 1.35 bits per heavy atom. The third-order valence-electron chi connectivity index (χ3n) is 3.63. The van der Waals surface area contributed by atoms with Crippen LogP contribution in [0.1, 0.15) is 28.9 Å². The number of aryl methyl sites for hydroxylation is 1. The number of hydrogen-bond acceptors (Lipinski definition) is 4. The van der Waals surface area contributed by atoms with E-state index in [0.29, 0.717) is 13.0 Å². The molecule has 0 unspecified atom stereocenters. The number of ether oxygens (including phenoxy) is 1. The number of unbranched alkanes of at least 4 members (excludes halogenated alkanes) is 1. The van der Waals surface area contributed by atoms with Gasteiger partial charge >= 0.3 is 6.18 Å². The molecule has 1 aliphatic rings. The van der Waals surface area contributed by atoms with Gasteiger partial charge in [0.25, 0.3) is 5.91 Å². The summed E-state index contributed by atoms with van der Waals surface area (Å²) in [5, 5.41) is 5.85. The Bertz CT molecular complexity index is 525. The van der Waals surface area contributed by atoms with E-state index in [9.17, 15) is 18.0 Å². The summed E-state index contributed by atoms with van der Waals surface area (Å²) in [4.78, 5) is 14.2. The summed E-state index contributed by atoms with van der Waals surface area (Å²) in [6, 6.07) is 0. The highest BCUT2D eigenvalue weighted by molar-refractivity contribution is 5.95. The molecule has 0 radical (unpaired) electrons. The van der Waals surface area contributed by atoms with Crippen LogP contribution in [0, 0.1) is 0 Å². The van der Waals surface area contributed by atoms with Gasteiger partial charge in [-0.15, -0.1) is 0 Å². The maximum Gasteiger partial charge on any atom is 0.435 e. The first-order valence-electron chi connectivity index (χ1n) is 7.57. The van der Waals surface area contributed by atoms with Crippen LogP contribution >= 0.6 is 0 Å². The highest BCUT2D eigenvalue weighted by Gasteiger charge is 2.38. The molecule has 0 bridgehead atoms. The smallest absolute Gasteiger partial charge is 0.379 e. The number of aromatic nitrogens is 2. The molecule has 1 fully saturated rings. The Labute approximate surface area is 132 Å². The molecule has 1 aromatic rings. The van der Waals surface area contributed by atoms with Crippen molar-refractivity contribution in [3.63, 3.8) is 0 Å². The van der Waals surface area contributed by atoms with Crippen LogP contribution in [-0.4, -0.2) is 60.0 Å². The number of nitrogens with zero attached hydrogens (tertiary/aromatic N) is 3. The van der Waals surface area contributed by atoms with Crippen molar-refractivity contribution >= 4 is 5.91 Å². The van der Waals surface area contributed by atoms with Gasteiger partial charge in [0, 0.05) is 32.9 Å². The van der Waals surface area contributed by atoms with Gasteiger partial charge in [-0.1, -0.05) is 0 Å². The largest absolute Gasteiger partial charge is 0.435 e. The second-order valence-electron chi connectivity index (χ2n) is 5.48. The molecule has 0 spiro atoms. The Hall–Kier alpha value is -1.61. The van der Waals surface area contributed by atoms with Gasteiger partial charge in [0.15, 0.2) is 5.69 Å². The van der Waals surface area contributed by atoms with Crippen LogP contribution in [0.2, 0.25) is 0 Å². The molecule has 2 rings (SSSR count). The van der Waals surface area contributed by atoms with E-state index < -0.39 is 23.3 Å². The lowest BCUT2D eigenvalue weighted by Crippen LogP contribution is -2.37. The van der Waals surface area contributed by atoms with Crippen molar-refractivity contribution in [2.24, 2.45) is 7.05 Å². The highest BCUT2D eigenvalue weighted by Crippen LogP contribution is 2.30. The molecule has 0 aromatic carbocycles. The molecular formula is C14H21F3N4O2. The van der Waals surface area contributed by atoms with Gasteiger partial charge in [-0.2, -0.15) is 18.3 Å². The zero-order valence-electron chi connectivity index (χ0n) is 13.0. The van der Waals surface area contributed by atoms with Gasteiger partial charge in [0.05, 0.1) is 18.8 Å². The number of carbonyl (C=O) groups excluding carboxylic acids is 1. The topological polar surface area (TPSA) is 59.4 Å². The lowest BCUT2D eigenvalue weighted by atomic mass is 10.2. The number of morpholine rings is 1. The minimum atomic E-state index is -4.63. The monoisotopic (exact) mass is 334 g/mol. The molecule has 0 aliphatic carbocycles. The van der Waals surface area contributed by atoms with E-state index in [1.54, 1.807) is 0 Å². The van der Waals surface area contributed by atoms with E-state index in [1.165, 1.54) is 7.05 Å². The average molecular weight is 334 g/mol. The standard InChI is InChI=1S/C14H21F3N4O2/c1-20-10-11(12(19-20)14(15,16)17)13(22)18-4-2-3-5-21-6-8-23-9-7-21/h10H,2-9H2,1H3,(H,18,22). The van der Waals surface area contributed by atoms with Crippen LogP contribution in [-0.2, 0) is 18.0 Å². The van der Waals surface area contributed by atoms with Gasteiger partial charge in [-0.25, -0.2) is 0 Å². The minimum Gasteiger partial charge on any atom is -0.379 e. The molecule has 9 heteroatoms. The fourth-order valence-electron chi connectivity index (χ4n) is 2.45. The van der Waals surface area contributed by atoms with Gasteiger partial charge in [0.1, 0.15) is 0 Å². The third-order valence-corrected chi connectivity index (χ3v) is 3.63. The highest BCUT2D eigenvalue weighted by atomic mass is 19.4. The van der Waals surface area contributed by atoms with E-state index in [0.717, 1.165) is 50.1 Å². The predicted molar refractivity (Wildman–Crippen MR) is 77.0 cm³/mol. The summed E-state index contributed by atoms with van der Waals surface area (Å²) >= 11 is 0. The van der Waals surface area contributed by atoms with Crippen molar-refractivity contribution < 1.29 is 22.7 Å². The van der Waals surface area contributed by atoms with Crippen molar-refractivity contribution in [1.29, 1.82) is 0 Å². The molecule has 23 heavy (non-hydrogen) atoms. The van der Waals surface area contributed by atoms with Gasteiger partial charge in [0.2, 0.25) is 0 Å². The molecule has 1 aliphatic heterocycles. The molecule has 6 nitrogen and oxygen atoms in total. The molecule has 1 saturated heterocycles. The lowest BCUT2D eigenvalue weighted by Gasteiger charge is -2.26. The van der Waals surface area contributed by atoms with Crippen molar-refractivity contribution in [3.8, 4) is 0 Å². The number of rotatable bonds is 6. The SMILES string of the molecule is Cn1cc(C(=O)NCCCCN2CCOCC2)c(C(F)(F)F)n1. The van der Waals surface area contributed by atoms with E-state index in [2.05, 4.69) is 15.3 Å². The second kappa shape index (κ2) is 7.78. The summed E-state index contributed by atoms with van der Waals surface area (Å²) in [5.41, 5.74) is -1.58. The molecule has 0 saturated carbocycles. The van der Waals surface area contributed by atoms with E-state index in [1.807, 2.05) is 0 Å². The van der Waals surface area contributed by atoms with E-state index >= 15 is 0 Å². The molecule has 1 amide bonds. The zero-order valence-corrected chi connectivity index (χ0v) is 13.0. The van der Waals surface area contributed by atoms with Crippen LogP contribution in [0.3, 0.4) is 0 Å². The molecule has 1 aromatic heterocycles. The summed E-state index contributed by atoms with van der Waals surface area (Å²) in [6.45, 7) is 4.51. The van der Waals surface area contributed by atoms with Crippen LogP contribution in [0.25, 0.3) is 0 Å². The summed E-state index contributed by atoms with van der Waals surface area (Å²) in [7, 11) is 1.36. The number of carbonyl (C=O) groups is 1. The van der Waals surface area contributed by atoms with Crippen molar-refractivity contribution in [2.75, 3.05) is 39.4 Å². The van der Waals surface area contributed by atoms with Crippen molar-refractivity contribution in [2.45, 2.75) is 19.0 Å². The van der Waals surface area contributed by atoms with Gasteiger partial charge < -0.3 is 10.1 Å². The van der Waals surface area contributed by atoms with Gasteiger partial charge in [-0.05, 0) is 19.4 Å². The summed E-state index contributed by atoms with van der Waals surface area (Å²) in [6.07, 6.45) is -1.96. The Morgan fingerprint density at radius 2 is 2.04 bits per heavy atom. The first-order valence-corrected chi connectivity index (χ1v) is 7.57. The van der Waals surface area contributed by atoms with Crippen LogP contribution < -0.4 is 5.32 Å². The maximum absolute atomic E-state index is 12.8. The summed E-state index contributed by atoms with van der Waals surface area (Å²) < 4.78 is 44.6. The first kappa shape index (κ1) is 17.7. The second-order valence-corrected chi connectivity index (χ2v) is 5.48. The van der Waals surface area contributed by atoms with Gasteiger partial charge in [-0.3, -0.25) is 14.4 Å².